The maximum Gasteiger partial charge on any atom is 0.242 e. The van der Waals surface area contributed by atoms with Crippen molar-refractivity contribution in [2.75, 3.05) is 30.9 Å². The lowest BCUT2D eigenvalue weighted by atomic mass is 10.3. The van der Waals surface area contributed by atoms with Crippen molar-refractivity contribution in [1.29, 1.82) is 0 Å². The summed E-state index contributed by atoms with van der Waals surface area (Å²) in [6.45, 7) is 0.487. The summed E-state index contributed by atoms with van der Waals surface area (Å²) in [6, 6.07) is 6.89. The number of anilines is 1. The molecular formula is C12H20N2O2S2. The van der Waals surface area contributed by atoms with Crippen molar-refractivity contribution in [3.05, 3.63) is 24.3 Å². The predicted molar refractivity (Wildman–Crippen MR) is 78.8 cm³/mol. The van der Waals surface area contributed by atoms with Gasteiger partial charge in [-0.1, -0.05) is 12.1 Å². The molecule has 0 unspecified atom stereocenters. The molecule has 1 rings (SSSR count). The van der Waals surface area contributed by atoms with Crippen LogP contribution in [0.3, 0.4) is 0 Å². The van der Waals surface area contributed by atoms with E-state index in [4.69, 9.17) is 0 Å². The molecule has 0 fully saturated rings. The zero-order valence-electron chi connectivity index (χ0n) is 10.8. The molecule has 0 bridgehead atoms. The Balaban J connectivity index is 2.63. The fraction of sp³-hybridized carbons (Fsp3) is 0.500. The Morgan fingerprint density at radius 2 is 1.94 bits per heavy atom. The average Bonchev–Trinajstić information content (AvgIpc) is 2.38. The smallest absolute Gasteiger partial charge is 0.242 e. The van der Waals surface area contributed by atoms with Crippen LogP contribution in [-0.2, 0) is 10.0 Å². The summed E-state index contributed by atoms with van der Waals surface area (Å²) in [7, 11) is -1.69. The van der Waals surface area contributed by atoms with Gasteiger partial charge in [-0.05, 0) is 37.0 Å². The van der Waals surface area contributed by atoms with Gasteiger partial charge in [0.25, 0.3) is 0 Å². The lowest BCUT2D eigenvalue weighted by Gasteiger charge is -2.10. The standard InChI is InChI=1S/C12H20N2O2S2/c1-13-11-7-3-4-8-12(11)18(15,16)14-9-5-6-10-17-2/h3-4,7-8,13-14H,5-6,9-10H2,1-2H3. The highest BCUT2D eigenvalue weighted by Gasteiger charge is 2.16. The summed E-state index contributed by atoms with van der Waals surface area (Å²) in [5, 5.41) is 2.89. The Morgan fingerprint density at radius 3 is 2.61 bits per heavy atom. The first-order valence-electron chi connectivity index (χ1n) is 5.87. The van der Waals surface area contributed by atoms with Crippen LogP contribution in [0.15, 0.2) is 29.2 Å². The number of thioether (sulfide) groups is 1. The number of hydrogen-bond donors (Lipinski definition) is 2. The molecule has 0 radical (unpaired) electrons. The SMILES string of the molecule is CNc1ccccc1S(=O)(=O)NCCCCSC. The molecule has 0 saturated heterocycles. The van der Waals surface area contributed by atoms with Gasteiger partial charge in [0.15, 0.2) is 0 Å². The molecule has 4 nitrogen and oxygen atoms in total. The average molecular weight is 288 g/mol. The minimum Gasteiger partial charge on any atom is -0.387 e. The second kappa shape index (κ2) is 7.66. The first-order chi connectivity index (χ1) is 8.61. The third-order valence-corrected chi connectivity index (χ3v) is 4.73. The second-order valence-electron chi connectivity index (χ2n) is 3.84. The van der Waals surface area contributed by atoms with E-state index in [0.29, 0.717) is 17.1 Å². The Labute approximate surface area is 114 Å². The zero-order valence-corrected chi connectivity index (χ0v) is 12.4. The van der Waals surface area contributed by atoms with Gasteiger partial charge in [-0.3, -0.25) is 0 Å². The van der Waals surface area contributed by atoms with E-state index in [1.807, 2.05) is 12.3 Å². The maximum atomic E-state index is 12.1. The summed E-state index contributed by atoms with van der Waals surface area (Å²) in [6.07, 6.45) is 3.94. The molecule has 6 heteroatoms. The molecule has 0 aliphatic rings. The minimum absolute atomic E-state index is 0.303. The fourth-order valence-corrected chi connectivity index (χ4v) is 3.34. The van der Waals surface area contributed by atoms with Crippen LogP contribution >= 0.6 is 11.8 Å². The molecule has 1 aromatic rings. The highest BCUT2D eigenvalue weighted by molar-refractivity contribution is 7.98. The van der Waals surface area contributed by atoms with Gasteiger partial charge in [-0.15, -0.1) is 0 Å². The number of rotatable bonds is 8. The van der Waals surface area contributed by atoms with Crippen LogP contribution in [-0.4, -0.2) is 34.0 Å². The zero-order chi connectivity index (χ0) is 13.4. The van der Waals surface area contributed by atoms with E-state index in [2.05, 4.69) is 10.0 Å². The summed E-state index contributed by atoms with van der Waals surface area (Å²) in [5.41, 5.74) is 0.620. The van der Waals surface area contributed by atoms with Crippen molar-refractivity contribution in [2.24, 2.45) is 0 Å². The van der Waals surface area contributed by atoms with Gasteiger partial charge < -0.3 is 5.32 Å². The van der Waals surface area contributed by atoms with Gasteiger partial charge in [0.2, 0.25) is 10.0 Å². The molecule has 2 N–H and O–H groups in total. The summed E-state index contributed by atoms with van der Waals surface area (Å²) >= 11 is 1.77. The molecule has 0 aliphatic carbocycles. The first kappa shape index (κ1) is 15.3. The van der Waals surface area contributed by atoms with Crippen molar-refractivity contribution in [1.82, 2.24) is 4.72 Å². The van der Waals surface area contributed by atoms with Gasteiger partial charge in [0.1, 0.15) is 4.90 Å². The molecular weight excluding hydrogens is 268 g/mol. The number of benzene rings is 1. The Bertz CT molecular complexity index is 461. The van der Waals surface area contributed by atoms with Crippen LogP contribution < -0.4 is 10.0 Å². The van der Waals surface area contributed by atoms with E-state index < -0.39 is 10.0 Å². The molecule has 102 valence electrons. The van der Waals surface area contributed by atoms with E-state index in [1.165, 1.54) is 0 Å². The minimum atomic E-state index is -3.41. The molecule has 0 aromatic heterocycles. The maximum absolute atomic E-state index is 12.1. The quantitative estimate of drug-likeness (QED) is 0.720. The molecule has 0 heterocycles. The lowest BCUT2D eigenvalue weighted by Crippen LogP contribution is -2.25. The second-order valence-corrected chi connectivity index (χ2v) is 6.56. The monoisotopic (exact) mass is 288 g/mol. The summed E-state index contributed by atoms with van der Waals surface area (Å²) in [5.74, 6) is 1.06. The van der Waals surface area contributed by atoms with E-state index in [-0.39, 0.29) is 0 Å². The van der Waals surface area contributed by atoms with Crippen LogP contribution in [0.4, 0.5) is 5.69 Å². The van der Waals surface area contributed by atoms with Crippen LogP contribution in [0, 0.1) is 0 Å². The predicted octanol–water partition coefficient (Wildman–Crippen LogP) is 2.15. The normalized spacial score (nSPS) is 11.4. The fourth-order valence-electron chi connectivity index (χ4n) is 1.56. The molecule has 18 heavy (non-hydrogen) atoms. The topological polar surface area (TPSA) is 58.2 Å². The van der Waals surface area contributed by atoms with E-state index in [0.717, 1.165) is 18.6 Å². The van der Waals surface area contributed by atoms with E-state index in [9.17, 15) is 8.42 Å². The Morgan fingerprint density at radius 1 is 1.22 bits per heavy atom. The van der Waals surface area contributed by atoms with E-state index in [1.54, 1.807) is 37.0 Å². The van der Waals surface area contributed by atoms with Gasteiger partial charge >= 0.3 is 0 Å². The third kappa shape index (κ3) is 4.51. The summed E-state index contributed by atoms with van der Waals surface area (Å²) < 4.78 is 26.8. The van der Waals surface area contributed by atoms with Crippen LogP contribution in [0.5, 0.6) is 0 Å². The van der Waals surface area contributed by atoms with Crippen molar-refractivity contribution in [3.63, 3.8) is 0 Å². The van der Waals surface area contributed by atoms with Gasteiger partial charge in [0, 0.05) is 13.6 Å². The number of unbranched alkanes of at least 4 members (excludes halogenated alkanes) is 1. The number of nitrogens with one attached hydrogen (secondary N) is 2. The summed E-state index contributed by atoms with van der Waals surface area (Å²) in [4.78, 5) is 0.303. The Hall–Kier alpha value is -0.720. The van der Waals surface area contributed by atoms with Gasteiger partial charge in [-0.2, -0.15) is 11.8 Å². The lowest BCUT2D eigenvalue weighted by molar-refractivity contribution is 0.579. The number of hydrogen-bond acceptors (Lipinski definition) is 4. The number of para-hydroxylation sites is 1. The third-order valence-electron chi connectivity index (χ3n) is 2.51. The van der Waals surface area contributed by atoms with E-state index >= 15 is 0 Å². The first-order valence-corrected chi connectivity index (χ1v) is 8.75. The molecule has 0 saturated carbocycles. The van der Waals surface area contributed by atoms with Crippen molar-refractivity contribution < 1.29 is 8.42 Å². The van der Waals surface area contributed by atoms with Gasteiger partial charge in [0.05, 0.1) is 5.69 Å². The highest BCUT2D eigenvalue weighted by atomic mass is 32.2. The molecule has 0 atom stereocenters. The molecule has 1 aromatic carbocycles. The van der Waals surface area contributed by atoms with Crippen LogP contribution in [0.25, 0.3) is 0 Å². The van der Waals surface area contributed by atoms with Gasteiger partial charge in [-0.25, -0.2) is 13.1 Å². The molecule has 0 aliphatic heterocycles. The largest absolute Gasteiger partial charge is 0.387 e. The van der Waals surface area contributed by atoms with Crippen LogP contribution in [0.2, 0.25) is 0 Å². The Kier molecular flexibility index (Phi) is 6.52. The van der Waals surface area contributed by atoms with Crippen molar-refractivity contribution in [3.8, 4) is 0 Å². The number of sulfonamides is 1. The van der Waals surface area contributed by atoms with Crippen LogP contribution in [0.1, 0.15) is 12.8 Å². The molecule has 0 spiro atoms. The molecule has 0 amide bonds. The highest BCUT2D eigenvalue weighted by Crippen LogP contribution is 2.19. The van der Waals surface area contributed by atoms with Crippen molar-refractivity contribution in [2.45, 2.75) is 17.7 Å². The van der Waals surface area contributed by atoms with Crippen molar-refractivity contribution >= 4 is 27.5 Å².